The molecule has 1 unspecified atom stereocenters. The number of ether oxygens (including phenoxy) is 1. The Morgan fingerprint density at radius 1 is 1.18 bits per heavy atom. The number of carbonyl (C=O) groups is 1. The van der Waals surface area contributed by atoms with Gasteiger partial charge in [-0.25, -0.2) is 14.2 Å². The van der Waals surface area contributed by atoms with Crippen LogP contribution in [0, 0.1) is 5.82 Å². The number of amides is 1. The molecule has 0 saturated carbocycles. The van der Waals surface area contributed by atoms with Crippen molar-refractivity contribution in [3.8, 4) is 5.69 Å². The molecular formula is C21H22FN3O3. The summed E-state index contributed by atoms with van der Waals surface area (Å²) in [6.07, 6.45) is -0.618. The predicted octanol–water partition coefficient (Wildman–Crippen LogP) is 4.11. The van der Waals surface area contributed by atoms with E-state index in [1.54, 1.807) is 52.0 Å². The Morgan fingerprint density at radius 2 is 1.86 bits per heavy atom. The molecule has 146 valence electrons. The summed E-state index contributed by atoms with van der Waals surface area (Å²) in [6, 6.07) is 12.1. The van der Waals surface area contributed by atoms with Crippen molar-refractivity contribution in [1.82, 2.24) is 14.9 Å². The molecule has 0 saturated heterocycles. The molecule has 1 heterocycles. The molecule has 0 aliphatic rings. The van der Waals surface area contributed by atoms with E-state index in [4.69, 9.17) is 4.74 Å². The minimum absolute atomic E-state index is 0.164. The van der Waals surface area contributed by atoms with Gasteiger partial charge in [0.2, 0.25) is 0 Å². The smallest absolute Gasteiger partial charge is 0.408 e. The second-order valence-electron chi connectivity index (χ2n) is 7.48. The van der Waals surface area contributed by atoms with Crippen LogP contribution in [0.15, 0.2) is 53.3 Å². The molecule has 0 aliphatic carbocycles. The lowest BCUT2D eigenvalue weighted by Crippen LogP contribution is -2.36. The van der Waals surface area contributed by atoms with E-state index in [2.05, 4.69) is 10.3 Å². The first-order chi connectivity index (χ1) is 13.2. The third-order valence-corrected chi connectivity index (χ3v) is 3.99. The summed E-state index contributed by atoms with van der Waals surface area (Å²) < 4.78 is 20.4. The van der Waals surface area contributed by atoms with E-state index >= 15 is 0 Å². The second kappa shape index (κ2) is 7.42. The van der Waals surface area contributed by atoms with Gasteiger partial charge in [0.05, 0.1) is 22.6 Å². The summed E-state index contributed by atoms with van der Waals surface area (Å²) in [5, 5.41) is 2.87. The van der Waals surface area contributed by atoms with Crippen LogP contribution in [0.1, 0.15) is 39.6 Å². The number of carbonyl (C=O) groups excluding carboxylic acids is 1. The Hall–Kier alpha value is -3.22. The van der Waals surface area contributed by atoms with Crippen LogP contribution in [0.3, 0.4) is 0 Å². The molecule has 3 aromatic rings. The molecule has 1 aromatic heterocycles. The Labute approximate surface area is 162 Å². The molecule has 28 heavy (non-hydrogen) atoms. The van der Waals surface area contributed by atoms with Gasteiger partial charge in [-0.15, -0.1) is 0 Å². The number of halogens is 1. The van der Waals surface area contributed by atoms with Crippen LogP contribution < -0.4 is 10.9 Å². The van der Waals surface area contributed by atoms with E-state index in [1.807, 2.05) is 6.07 Å². The SMILES string of the molecule is CC(NC(=O)OC(C)(C)C)c1nc2ccc(F)cc2c(=O)n1-c1ccccc1. The topological polar surface area (TPSA) is 73.2 Å². The molecule has 3 rings (SSSR count). The number of hydrogen-bond donors (Lipinski definition) is 1. The zero-order chi connectivity index (χ0) is 20.5. The van der Waals surface area contributed by atoms with Crippen molar-refractivity contribution in [2.24, 2.45) is 0 Å². The Bertz CT molecular complexity index is 1070. The summed E-state index contributed by atoms with van der Waals surface area (Å²) in [5.41, 5.74) is -0.147. The number of fused-ring (bicyclic) bond motifs is 1. The van der Waals surface area contributed by atoms with Crippen molar-refractivity contribution in [2.45, 2.75) is 39.3 Å². The molecule has 0 radical (unpaired) electrons. The number of rotatable bonds is 3. The molecule has 1 N–H and O–H groups in total. The average molecular weight is 383 g/mol. The van der Waals surface area contributed by atoms with Crippen molar-refractivity contribution >= 4 is 17.0 Å². The highest BCUT2D eigenvalue weighted by atomic mass is 19.1. The highest BCUT2D eigenvalue weighted by Crippen LogP contribution is 2.19. The minimum Gasteiger partial charge on any atom is -0.444 e. The number of nitrogens with zero attached hydrogens (tertiary/aromatic N) is 2. The summed E-state index contributed by atoms with van der Waals surface area (Å²) in [6.45, 7) is 7.00. The lowest BCUT2D eigenvalue weighted by atomic mass is 10.2. The molecule has 7 heteroatoms. The Balaban J connectivity index is 2.14. The molecule has 0 aliphatic heterocycles. The van der Waals surface area contributed by atoms with Gasteiger partial charge in [0.25, 0.3) is 5.56 Å². The van der Waals surface area contributed by atoms with Crippen molar-refractivity contribution in [3.05, 3.63) is 70.5 Å². The zero-order valence-electron chi connectivity index (χ0n) is 16.2. The van der Waals surface area contributed by atoms with E-state index in [-0.39, 0.29) is 5.39 Å². The van der Waals surface area contributed by atoms with Crippen molar-refractivity contribution in [2.75, 3.05) is 0 Å². The first-order valence-electron chi connectivity index (χ1n) is 8.93. The molecule has 6 nitrogen and oxygen atoms in total. The Morgan fingerprint density at radius 3 is 2.50 bits per heavy atom. The normalized spacial score (nSPS) is 12.6. The number of benzene rings is 2. The number of alkyl carbamates (subject to hydrolysis) is 1. The fourth-order valence-corrected chi connectivity index (χ4v) is 2.84. The van der Waals surface area contributed by atoms with Crippen LogP contribution in [-0.4, -0.2) is 21.2 Å². The molecule has 0 fully saturated rings. The van der Waals surface area contributed by atoms with Gasteiger partial charge in [0.1, 0.15) is 17.2 Å². The van der Waals surface area contributed by atoms with Crippen LogP contribution in [0.4, 0.5) is 9.18 Å². The van der Waals surface area contributed by atoms with E-state index in [0.29, 0.717) is 17.0 Å². The first-order valence-corrected chi connectivity index (χ1v) is 8.93. The summed E-state index contributed by atoms with van der Waals surface area (Å²) in [5.74, 6) is -0.195. The molecule has 0 bridgehead atoms. The third-order valence-electron chi connectivity index (χ3n) is 3.99. The largest absolute Gasteiger partial charge is 0.444 e. The fourth-order valence-electron chi connectivity index (χ4n) is 2.84. The van der Waals surface area contributed by atoms with Gasteiger partial charge in [0.15, 0.2) is 0 Å². The summed E-state index contributed by atoms with van der Waals surface area (Å²) >= 11 is 0. The highest BCUT2D eigenvalue weighted by Gasteiger charge is 2.22. The lowest BCUT2D eigenvalue weighted by molar-refractivity contribution is 0.0505. The van der Waals surface area contributed by atoms with Crippen molar-refractivity contribution in [1.29, 1.82) is 0 Å². The number of nitrogens with one attached hydrogen (secondary N) is 1. The van der Waals surface area contributed by atoms with E-state index in [0.717, 1.165) is 0 Å². The van der Waals surface area contributed by atoms with Crippen molar-refractivity contribution in [3.63, 3.8) is 0 Å². The molecule has 2 aromatic carbocycles. The van der Waals surface area contributed by atoms with Crippen molar-refractivity contribution < 1.29 is 13.9 Å². The minimum atomic E-state index is -0.656. The van der Waals surface area contributed by atoms with Gasteiger partial charge < -0.3 is 10.1 Å². The summed E-state index contributed by atoms with van der Waals surface area (Å²) in [4.78, 5) is 29.8. The molecule has 0 spiro atoms. The Kier molecular flexibility index (Phi) is 5.18. The lowest BCUT2D eigenvalue weighted by Gasteiger charge is -2.23. The van der Waals surface area contributed by atoms with E-state index < -0.39 is 29.1 Å². The third kappa shape index (κ3) is 4.19. The molecular weight excluding hydrogens is 361 g/mol. The second-order valence-corrected chi connectivity index (χ2v) is 7.48. The maximum atomic E-state index is 13.7. The zero-order valence-corrected chi connectivity index (χ0v) is 16.2. The van der Waals surface area contributed by atoms with Gasteiger partial charge in [-0.3, -0.25) is 9.36 Å². The molecule has 1 amide bonds. The average Bonchev–Trinajstić information content (AvgIpc) is 2.61. The van der Waals surface area contributed by atoms with Gasteiger partial charge >= 0.3 is 6.09 Å². The van der Waals surface area contributed by atoms with Crippen LogP contribution in [-0.2, 0) is 4.74 Å². The van der Waals surface area contributed by atoms with Crippen LogP contribution in [0.2, 0.25) is 0 Å². The molecule has 1 atom stereocenters. The maximum absolute atomic E-state index is 13.7. The number of para-hydroxylation sites is 1. The predicted molar refractivity (Wildman–Crippen MR) is 105 cm³/mol. The fraction of sp³-hybridized carbons (Fsp3) is 0.286. The van der Waals surface area contributed by atoms with E-state index in [1.165, 1.54) is 22.8 Å². The van der Waals surface area contributed by atoms with Gasteiger partial charge in [-0.2, -0.15) is 0 Å². The standard InChI is InChI=1S/C21H22FN3O3/c1-13(23-20(27)28-21(2,3)4)18-24-17-11-10-14(22)12-16(17)19(26)25(18)15-8-6-5-7-9-15/h5-13H,1-4H3,(H,23,27). The highest BCUT2D eigenvalue weighted by molar-refractivity contribution is 5.78. The number of aromatic nitrogens is 2. The van der Waals surface area contributed by atoms with Gasteiger partial charge in [-0.1, -0.05) is 18.2 Å². The van der Waals surface area contributed by atoms with Crippen LogP contribution in [0.5, 0.6) is 0 Å². The summed E-state index contributed by atoms with van der Waals surface area (Å²) in [7, 11) is 0. The first kappa shape index (κ1) is 19.5. The maximum Gasteiger partial charge on any atom is 0.408 e. The van der Waals surface area contributed by atoms with Gasteiger partial charge in [-0.05, 0) is 58.0 Å². The monoisotopic (exact) mass is 383 g/mol. The number of hydrogen-bond acceptors (Lipinski definition) is 4. The van der Waals surface area contributed by atoms with Gasteiger partial charge in [0, 0.05) is 0 Å². The van der Waals surface area contributed by atoms with Crippen LogP contribution in [0.25, 0.3) is 16.6 Å². The van der Waals surface area contributed by atoms with E-state index in [9.17, 15) is 14.0 Å². The van der Waals surface area contributed by atoms with Crippen LogP contribution >= 0.6 is 0 Å². The quantitative estimate of drug-likeness (QED) is 0.739.